The van der Waals surface area contributed by atoms with Crippen LogP contribution in [0.15, 0.2) is 29.2 Å². The molecule has 0 radical (unpaired) electrons. The van der Waals surface area contributed by atoms with Crippen LogP contribution in [0.4, 0.5) is 0 Å². The van der Waals surface area contributed by atoms with Crippen LogP contribution in [0.3, 0.4) is 0 Å². The van der Waals surface area contributed by atoms with E-state index in [2.05, 4.69) is 11.8 Å². The third-order valence-corrected chi connectivity index (χ3v) is 7.81. The highest BCUT2D eigenvalue weighted by Crippen LogP contribution is 2.32. The molecule has 1 aromatic carbocycles. The molecule has 1 fully saturated rings. The van der Waals surface area contributed by atoms with Gasteiger partial charge in [-0.2, -0.15) is 11.8 Å². The first-order chi connectivity index (χ1) is 9.96. The second-order valence-corrected chi connectivity index (χ2v) is 9.15. The number of unbranched alkanes of at least 4 members (excludes halogenated alkanes) is 1. The standard InChI is InChI=1S/C15H22ClNO2S2/c1-3-4-9-17(2)14-10-20-11-15(14)21(18,19)13-7-5-12(16)6-8-13/h5-8,14-15H,3-4,9-11H2,1-2H3/t14-,15-/m0/s1. The molecule has 1 aliphatic rings. The van der Waals surface area contributed by atoms with Gasteiger partial charge in [0.2, 0.25) is 0 Å². The van der Waals surface area contributed by atoms with Crippen molar-refractivity contribution >= 4 is 33.2 Å². The number of nitrogens with zero attached hydrogens (tertiary/aromatic N) is 1. The van der Waals surface area contributed by atoms with Crippen molar-refractivity contribution in [2.24, 2.45) is 0 Å². The zero-order valence-electron chi connectivity index (χ0n) is 12.5. The Hall–Kier alpha value is -0.230. The van der Waals surface area contributed by atoms with Gasteiger partial charge in [-0.1, -0.05) is 24.9 Å². The number of hydrogen-bond acceptors (Lipinski definition) is 4. The molecule has 2 rings (SSSR count). The maximum atomic E-state index is 12.9. The fourth-order valence-corrected chi connectivity index (χ4v) is 6.76. The molecule has 0 aliphatic carbocycles. The Morgan fingerprint density at radius 3 is 2.57 bits per heavy atom. The Kier molecular flexibility index (Phi) is 6.00. The van der Waals surface area contributed by atoms with Gasteiger partial charge in [-0.3, -0.25) is 0 Å². The minimum absolute atomic E-state index is 0.0993. The maximum Gasteiger partial charge on any atom is 0.183 e. The summed E-state index contributed by atoms with van der Waals surface area (Å²) in [6.45, 7) is 3.10. The minimum Gasteiger partial charge on any atom is -0.301 e. The molecule has 21 heavy (non-hydrogen) atoms. The topological polar surface area (TPSA) is 37.4 Å². The van der Waals surface area contributed by atoms with Gasteiger partial charge in [-0.15, -0.1) is 0 Å². The number of benzene rings is 1. The molecule has 0 amide bonds. The molecule has 0 unspecified atom stereocenters. The van der Waals surface area contributed by atoms with Crippen LogP contribution in [0.5, 0.6) is 0 Å². The Labute approximate surface area is 137 Å². The lowest BCUT2D eigenvalue weighted by molar-refractivity contribution is 0.259. The monoisotopic (exact) mass is 347 g/mol. The van der Waals surface area contributed by atoms with E-state index in [1.807, 2.05) is 7.05 Å². The molecular formula is C15H22ClNO2S2. The smallest absolute Gasteiger partial charge is 0.183 e. The average Bonchev–Trinajstić information content (AvgIpc) is 2.95. The van der Waals surface area contributed by atoms with Crippen LogP contribution in [0.1, 0.15) is 19.8 Å². The van der Waals surface area contributed by atoms with E-state index >= 15 is 0 Å². The van der Waals surface area contributed by atoms with Crippen LogP contribution in [-0.4, -0.2) is 49.7 Å². The largest absolute Gasteiger partial charge is 0.301 e. The van der Waals surface area contributed by atoms with Crippen LogP contribution >= 0.6 is 23.4 Å². The summed E-state index contributed by atoms with van der Waals surface area (Å²) in [5, 5.41) is 0.233. The van der Waals surface area contributed by atoms with Crippen LogP contribution in [0, 0.1) is 0 Å². The van der Waals surface area contributed by atoms with Crippen LogP contribution in [0.25, 0.3) is 0 Å². The molecule has 0 saturated carbocycles. The van der Waals surface area contributed by atoms with Gasteiger partial charge in [0, 0.05) is 22.6 Å². The van der Waals surface area contributed by atoms with E-state index in [0.717, 1.165) is 25.1 Å². The van der Waals surface area contributed by atoms with Crippen molar-refractivity contribution < 1.29 is 8.42 Å². The summed E-state index contributed by atoms with van der Waals surface area (Å²) in [4.78, 5) is 2.59. The van der Waals surface area contributed by atoms with Gasteiger partial charge in [-0.25, -0.2) is 8.42 Å². The molecule has 1 aliphatic heterocycles. The van der Waals surface area contributed by atoms with Gasteiger partial charge in [0.05, 0.1) is 10.1 Å². The van der Waals surface area contributed by atoms with E-state index in [-0.39, 0.29) is 11.3 Å². The van der Waals surface area contributed by atoms with Crippen molar-refractivity contribution in [3.05, 3.63) is 29.3 Å². The van der Waals surface area contributed by atoms with E-state index in [4.69, 9.17) is 11.6 Å². The molecule has 0 N–H and O–H groups in total. The molecular weight excluding hydrogens is 326 g/mol. The molecule has 3 nitrogen and oxygen atoms in total. The zero-order chi connectivity index (χ0) is 15.5. The zero-order valence-corrected chi connectivity index (χ0v) is 14.8. The lowest BCUT2D eigenvalue weighted by Gasteiger charge is -2.28. The number of thioether (sulfide) groups is 1. The fourth-order valence-electron chi connectivity index (χ4n) is 2.60. The summed E-state index contributed by atoms with van der Waals surface area (Å²) in [6, 6.07) is 6.62. The van der Waals surface area contributed by atoms with Crippen LogP contribution in [-0.2, 0) is 9.84 Å². The van der Waals surface area contributed by atoms with E-state index < -0.39 is 9.84 Å². The number of rotatable bonds is 6. The molecule has 1 aromatic rings. The Morgan fingerprint density at radius 2 is 1.95 bits per heavy atom. The Balaban J connectivity index is 2.20. The summed E-state index contributed by atoms with van der Waals surface area (Å²) in [5.74, 6) is 1.56. The normalized spacial score (nSPS) is 22.9. The van der Waals surface area contributed by atoms with Gasteiger partial charge >= 0.3 is 0 Å². The second kappa shape index (κ2) is 7.36. The molecule has 1 heterocycles. The fraction of sp³-hybridized carbons (Fsp3) is 0.600. The van der Waals surface area contributed by atoms with Crippen molar-refractivity contribution in [3.63, 3.8) is 0 Å². The lowest BCUT2D eigenvalue weighted by atomic mass is 10.2. The second-order valence-electron chi connectivity index (χ2n) is 5.48. The predicted octanol–water partition coefficient (Wildman–Crippen LogP) is 3.33. The van der Waals surface area contributed by atoms with Crippen LogP contribution in [0.2, 0.25) is 5.02 Å². The third kappa shape index (κ3) is 3.95. The van der Waals surface area contributed by atoms with Gasteiger partial charge < -0.3 is 4.90 Å². The number of sulfone groups is 1. The summed E-state index contributed by atoms with van der Waals surface area (Å²) >= 11 is 7.58. The van der Waals surface area contributed by atoms with Gasteiger partial charge in [0.15, 0.2) is 9.84 Å². The van der Waals surface area contributed by atoms with Crippen molar-refractivity contribution in [1.29, 1.82) is 0 Å². The molecule has 0 spiro atoms. The highest BCUT2D eigenvalue weighted by molar-refractivity contribution is 8.01. The third-order valence-electron chi connectivity index (χ3n) is 3.97. The molecule has 0 aromatic heterocycles. The van der Waals surface area contributed by atoms with E-state index in [1.165, 1.54) is 0 Å². The van der Waals surface area contributed by atoms with Crippen molar-refractivity contribution in [1.82, 2.24) is 4.90 Å². The molecule has 0 bridgehead atoms. The first-order valence-electron chi connectivity index (χ1n) is 7.24. The van der Waals surface area contributed by atoms with Gasteiger partial charge in [0.1, 0.15) is 0 Å². The van der Waals surface area contributed by atoms with E-state index in [0.29, 0.717) is 15.7 Å². The molecule has 1 saturated heterocycles. The highest BCUT2D eigenvalue weighted by Gasteiger charge is 2.40. The summed E-state index contributed by atoms with van der Waals surface area (Å²) in [5.41, 5.74) is 0. The van der Waals surface area contributed by atoms with Crippen molar-refractivity contribution in [2.75, 3.05) is 25.1 Å². The molecule has 6 heteroatoms. The lowest BCUT2D eigenvalue weighted by Crippen LogP contribution is -2.44. The van der Waals surface area contributed by atoms with Crippen molar-refractivity contribution in [3.8, 4) is 0 Å². The Morgan fingerprint density at radius 1 is 1.29 bits per heavy atom. The molecule has 118 valence electrons. The summed E-state index contributed by atoms with van der Waals surface area (Å²) < 4.78 is 25.7. The average molecular weight is 348 g/mol. The van der Waals surface area contributed by atoms with E-state index in [9.17, 15) is 8.42 Å². The number of hydrogen-bond donors (Lipinski definition) is 0. The van der Waals surface area contributed by atoms with Crippen LogP contribution < -0.4 is 0 Å². The van der Waals surface area contributed by atoms with E-state index in [1.54, 1.807) is 36.0 Å². The first kappa shape index (κ1) is 17.1. The summed E-state index contributed by atoms with van der Waals surface area (Å²) in [7, 11) is -1.26. The van der Waals surface area contributed by atoms with Gasteiger partial charge in [-0.05, 0) is 44.3 Å². The summed E-state index contributed by atoms with van der Waals surface area (Å²) in [6.07, 6.45) is 2.23. The van der Waals surface area contributed by atoms with Gasteiger partial charge in [0.25, 0.3) is 0 Å². The minimum atomic E-state index is -3.30. The first-order valence-corrected chi connectivity index (χ1v) is 10.3. The quantitative estimate of drug-likeness (QED) is 0.791. The van der Waals surface area contributed by atoms with Crippen molar-refractivity contribution in [2.45, 2.75) is 36.0 Å². The predicted molar refractivity (Wildman–Crippen MR) is 91.1 cm³/mol. The SMILES string of the molecule is CCCCN(C)[C@H]1CSC[C@@H]1S(=O)(=O)c1ccc(Cl)cc1. The highest BCUT2D eigenvalue weighted by atomic mass is 35.5. The maximum absolute atomic E-state index is 12.9. The number of halogens is 1. The Bertz CT molecular complexity index is 560. The molecule has 2 atom stereocenters.